The second-order valence-electron chi connectivity index (χ2n) is 8.16. The molecule has 0 spiro atoms. The number of anilines is 2. The van der Waals surface area contributed by atoms with Crippen molar-refractivity contribution in [3.8, 4) is 5.75 Å². The lowest BCUT2D eigenvalue weighted by molar-refractivity contribution is 0.210. The molecule has 2 fully saturated rings. The molecule has 1 aliphatic carbocycles. The van der Waals surface area contributed by atoms with Crippen LogP contribution in [0.3, 0.4) is 0 Å². The highest BCUT2D eigenvalue weighted by Gasteiger charge is 2.61. The van der Waals surface area contributed by atoms with Crippen LogP contribution in [0.5, 0.6) is 5.75 Å². The van der Waals surface area contributed by atoms with E-state index in [1.54, 1.807) is 18.2 Å². The number of nitrogens with one attached hydrogen (secondary N) is 4. The number of fused-ring (bicyclic) bond motifs is 2. The fourth-order valence-electron chi connectivity index (χ4n) is 4.19. The first-order chi connectivity index (χ1) is 17.4. The Labute approximate surface area is 203 Å². The van der Waals surface area contributed by atoms with Crippen LogP contribution in [0, 0.1) is 23.4 Å². The van der Waals surface area contributed by atoms with Crippen LogP contribution >= 0.6 is 0 Å². The van der Waals surface area contributed by atoms with Gasteiger partial charge in [-0.05, 0) is 18.2 Å². The molecule has 186 valence electrons. The third-order valence-electron chi connectivity index (χ3n) is 5.90. The third kappa shape index (κ3) is 4.44. The number of ether oxygens (including phenoxy) is 2. The molecule has 12 heteroatoms. The molecule has 5 rings (SSSR count). The first kappa shape index (κ1) is 23.3. The summed E-state index contributed by atoms with van der Waals surface area (Å²) in [6, 6.07) is 1.07. The summed E-state index contributed by atoms with van der Waals surface area (Å²) in [5.41, 5.74) is 1.02. The number of urea groups is 2. The van der Waals surface area contributed by atoms with Gasteiger partial charge in [0.2, 0.25) is 0 Å². The van der Waals surface area contributed by atoms with Gasteiger partial charge >= 0.3 is 12.1 Å². The van der Waals surface area contributed by atoms with E-state index in [-0.39, 0.29) is 31.2 Å². The van der Waals surface area contributed by atoms with E-state index in [4.69, 9.17) is 9.47 Å². The highest BCUT2D eigenvalue weighted by Crippen LogP contribution is 2.51. The van der Waals surface area contributed by atoms with E-state index in [1.165, 1.54) is 6.20 Å². The molecule has 0 unspecified atom stereocenters. The van der Waals surface area contributed by atoms with Crippen molar-refractivity contribution in [2.75, 3.05) is 17.2 Å². The van der Waals surface area contributed by atoms with E-state index in [0.29, 0.717) is 35.0 Å². The van der Waals surface area contributed by atoms with E-state index in [1.807, 2.05) is 6.08 Å². The van der Waals surface area contributed by atoms with Crippen LogP contribution in [-0.4, -0.2) is 35.8 Å². The van der Waals surface area contributed by atoms with Crippen molar-refractivity contribution in [2.45, 2.75) is 18.7 Å². The Balaban J connectivity index is 1.25. The van der Waals surface area contributed by atoms with Crippen LogP contribution in [0.15, 0.2) is 60.5 Å². The van der Waals surface area contributed by atoms with Crippen molar-refractivity contribution in [1.82, 2.24) is 15.6 Å². The van der Waals surface area contributed by atoms with Crippen LogP contribution in [0.2, 0.25) is 0 Å². The zero-order chi connectivity index (χ0) is 25.4. The second kappa shape index (κ2) is 9.29. The zero-order valence-electron chi connectivity index (χ0n) is 18.6. The number of aromatic nitrogens is 1. The van der Waals surface area contributed by atoms with Crippen LogP contribution in [0.1, 0.15) is 5.56 Å². The minimum atomic E-state index is -1.35. The van der Waals surface area contributed by atoms with Gasteiger partial charge in [0.15, 0.2) is 11.6 Å². The molecular weight excluding hydrogens is 479 g/mol. The maximum Gasteiger partial charge on any atom is 0.320 e. The van der Waals surface area contributed by atoms with Gasteiger partial charge < -0.3 is 25.4 Å². The standard InChI is InChI=1S/C24H20F3N5O4/c1-2-3-18-11(5-7-35-17-4-6-28-22-12(17)10-29-23(33)32-22)19-20(21(19)36-18)31-24(34)30-16-9-14(26)13(25)8-15(16)27/h2-6,8-9,19-21H,1,7,10H2,(H2,30,31,34)(H2,28,29,32,33)/b11-5+,18-3+/t19-,20+,21-/m0/s1. The Hall–Kier alpha value is -4.48. The molecule has 36 heavy (non-hydrogen) atoms. The van der Waals surface area contributed by atoms with E-state index in [0.717, 1.165) is 5.57 Å². The molecule has 1 aromatic carbocycles. The lowest BCUT2D eigenvalue weighted by atomic mass is 10.1. The van der Waals surface area contributed by atoms with Gasteiger partial charge in [0.25, 0.3) is 0 Å². The highest BCUT2D eigenvalue weighted by atomic mass is 19.2. The quantitative estimate of drug-likeness (QED) is 0.453. The summed E-state index contributed by atoms with van der Waals surface area (Å²) in [6.45, 7) is 4.12. The van der Waals surface area contributed by atoms with Crippen molar-refractivity contribution >= 4 is 23.6 Å². The first-order valence-electron chi connectivity index (χ1n) is 10.9. The number of hydrogen-bond acceptors (Lipinski definition) is 5. The zero-order valence-corrected chi connectivity index (χ0v) is 18.6. The number of carbonyl (C=O) groups is 2. The molecule has 3 aliphatic rings. The number of benzene rings is 1. The second-order valence-corrected chi connectivity index (χ2v) is 8.16. The van der Waals surface area contributed by atoms with Crippen molar-refractivity contribution < 1.29 is 32.2 Å². The Bertz CT molecular complexity index is 1330. The van der Waals surface area contributed by atoms with Gasteiger partial charge in [-0.25, -0.2) is 27.7 Å². The lowest BCUT2D eigenvalue weighted by Gasteiger charge is -2.19. The molecule has 1 aromatic heterocycles. The van der Waals surface area contributed by atoms with Gasteiger partial charge in [0.05, 0.1) is 29.8 Å². The molecule has 3 heterocycles. The molecule has 9 nitrogen and oxygen atoms in total. The predicted octanol–water partition coefficient (Wildman–Crippen LogP) is 3.73. The maximum atomic E-state index is 13.8. The Morgan fingerprint density at radius 2 is 2.08 bits per heavy atom. The number of halogens is 3. The Morgan fingerprint density at radius 1 is 1.28 bits per heavy atom. The minimum Gasteiger partial charge on any atom is -0.489 e. The van der Waals surface area contributed by atoms with Gasteiger partial charge in [-0.2, -0.15) is 0 Å². The first-order valence-corrected chi connectivity index (χ1v) is 10.9. The minimum absolute atomic E-state index is 0.166. The molecular formula is C24H20F3N5O4. The van der Waals surface area contributed by atoms with Gasteiger partial charge in [-0.1, -0.05) is 12.7 Å². The number of pyridine rings is 1. The van der Waals surface area contributed by atoms with E-state index >= 15 is 0 Å². The van der Waals surface area contributed by atoms with Gasteiger partial charge in [-0.15, -0.1) is 0 Å². The summed E-state index contributed by atoms with van der Waals surface area (Å²) in [4.78, 5) is 28.0. The average molecular weight is 499 g/mol. The SMILES string of the molecule is C=C/C=C1/O[C@@H]2[C@H](NC(=O)Nc3cc(F)c(F)cc3F)[C@@H]2/C1=C/COc1ccnc2c1CNC(=O)N2. The number of hydrogen-bond donors (Lipinski definition) is 4. The fraction of sp³-hybridized carbons (Fsp3) is 0.208. The topological polar surface area (TPSA) is 114 Å². The van der Waals surface area contributed by atoms with E-state index < -0.39 is 35.2 Å². The Kier molecular flexibility index (Phi) is 6.00. The van der Waals surface area contributed by atoms with Crippen molar-refractivity contribution in [3.05, 3.63) is 83.6 Å². The number of rotatable bonds is 6. The summed E-state index contributed by atoms with van der Waals surface area (Å²) < 4.78 is 52.1. The molecule has 2 aliphatic heterocycles. The molecule has 2 aromatic rings. The van der Waals surface area contributed by atoms with Crippen LogP contribution in [0.4, 0.5) is 34.3 Å². The maximum absolute atomic E-state index is 13.8. The summed E-state index contributed by atoms with van der Waals surface area (Å²) in [7, 11) is 0. The van der Waals surface area contributed by atoms with Crippen LogP contribution in [-0.2, 0) is 11.3 Å². The third-order valence-corrected chi connectivity index (χ3v) is 5.90. The predicted molar refractivity (Wildman–Crippen MR) is 123 cm³/mol. The fourth-order valence-corrected chi connectivity index (χ4v) is 4.19. The molecule has 0 bridgehead atoms. The average Bonchev–Trinajstić information content (AvgIpc) is 3.36. The van der Waals surface area contributed by atoms with Gasteiger partial charge in [0.1, 0.15) is 35.9 Å². The van der Waals surface area contributed by atoms with Gasteiger partial charge in [0, 0.05) is 23.9 Å². The number of nitrogens with zero attached hydrogens (tertiary/aromatic N) is 1. The molecule has 3 atom stereocenters. The molecule has 1 saturated carbocycles. The molecule has 1 saturated heterocycles. The summed E-state index contributed by atoms with van der Waals surface area (Å²) in [5.74, 6) is -2.36. The van der Waals surface area contributed by atoms with Crippen LogP contribution < -0.4 is 26.0 Å². The normalized spacial score (nSPS) is 23.6. The number of carbonyl (C=O) groups excluding carboxylic acids is 2. The van der Waals surface area contributed by atoms with E-state index in [9.17, 15) is 22.8 Å². The summed E-state index contributed by atoms with van der Waals surface area (Å²) in [6.07, 6.45) is 6.26. The highest BCUT2D eigenvalue weighted by molar-refractivity contribution is 5.91. The van der Waals surface area contributed by atoms with Crippen molar-refractivity contribution in [2.24, 2.45) is 5.92 Å². The summed E-state index contributed by atoms with van der Waals surface area (Å²) >= 11 is 0. The largest absolute Gasteiger partial charge is 0.489 e. The number of allylic oxidation sites excluding steroid dienone is 3. The number of amides is 4. The summed E-state index contributed by atoms with van der Waals surface area (Å²) in [5, 5.41) is 10.1. The van der Waals surface area contributed by atoms with Crippen molar-refractivity contribution in [1.29, 1.82) is 0 Å². The monoisotopic (exact) mass is 499 g/mol. The molecule has 4 N–H and O–H groups in total. The van der Waals surface area contributed by atoms with Crippen LogP contribution in [0.25, 0.3) is 0 Å². The van der Waals surface area contributed by atoms with E-state index in [2.05, 4.69) is 32.8 Å². The van der Waals surface area contributed by atoms with Crippen molar-refractivity contribution in [3.63, 3.8) is 0 Å². The lowest BCUT2D eigenvalue weighted by Crippen LogP contribution is -2.34. The molecule has 0 radical (unpaired) electrons. The Morgan fingerprint density at radius 3 is 2.89 bits per heavy atom. The smallest absolute Gasteiger partial charge is 0.320 e. The molecule has 4 amide bonds. The van der Waals surface area contributed by atoms with Gasteiger partial charge in [-0.3, -0.25) is 5.32 Å².